The molecule has 7 heteroatoms. The Bertz CT molecular complexity index is 607. The molecular formula is C12H14N4OS2. The van der Waals surface area contributed by atoms with Gasteiger partial charge in [0.1, 0.15) is 11.0 Å². The van der Waals surface area contributed by atoms with Crippen molar-refractivity contribution < 1.29 is 4.79 Å². The second-order valence-corrected chi connectivity index (χ2v) is 4.81. The van der Waals surface area contributed by atoms with E-state index in [1.165, 1.54) is 0 Å². The summed E-state index contributed by atoms with van der Waals surface area (Å²) in [6, 6.07) is 5.23. The smallest absolute Gasteiger partial charge is 0.257 e. The van der Waals surface area contributed by atoms with Gasteiger partial charge in [-0.2, -0.15) is 8.75 Å². The number of carbonyl (C=O) groups excluding carboxylic acids is 1. The molecule has 2 rings (SSSR count). The number of benzene rings is 1. The Morgan fingerprint density at radius 2 is 2.00 bits per heavy atom. The van der Waals surface area contributed by atoms with E-state index in [0.29, 0.717) is 10.7 Å². The highest BCUT2D eigenvalue weighted by Crippen LogP contribution is 2.13. The van der Waals surface area contributed by atoms with Crippen LogP contribution in [0, 0.1) is 0 Å². The summed E-state index contributed by atoms with van der Waals surface area (Å²) in [5.41, 5.74) is 2.06. The molecule has 1 N–H and O–H groups in total. The molecule has 0 saturated heterocycles. The Morgan fingerprint density at radius 3 is 2.68 bits per heavy atom. The van der Waals surface area contributed by atoms with Gasteiger partial charge < -0.3 is 4.90 Å². The summed E-state index contributed by atoms with van der Waals surface area (Å²) in [6.45, 7) is 5.53. The fraction of sp³-hybridized carbons (Fsp3) is 0.333. The molecule has 0 unspecified atom stereocenters. The lowest BCUT2D eigenvalue weighted by atomic mass is 10.2. The number of hydrogen-bond donors (Lipinski definition) is 1. The van der Waals surface area contributed by atoms with Gasteiger partial charge in [0.15, 0.2) is 5.11 Å². The van der Waals surface area contributed by atoms with Gasteiger partial charge in [-0.05, 0) is 44.3 Å². The number of nitrogens with zero attached hydrogens (tertiary/aromatic N) is 3. The Hall–Kier alpha value is -1.60. The largest absolute Gasteiger partial charge is 0.350 e. The summed E-state index contributed by atoms with van der Waals surface area (Å²) in [6.07, 6.45) is 0. The first-order valence-corrected chi connectivity index (χ1v) is 7.12. The first kappa shape index (κ1) is 13.8. The van der Waals surface area contributed by atoms with Crippen LogP contribution in [0.5, 0.6) is 0 Å². The van der Waals surface area contributed by atoms with Crippen LogP contribution in [-0.4, -0.2) is 37.8 Å². The highest BCUT2D eigenvalue weighted by Gasteiger charge is 2.12. The van der Waals surface area contributed by atoms with Crippen LogP contribution in [0.25, 0.3) is 11.0 Å². The molecule has 0 radical (unpaired) electrons. The fourth-order valence-electron chi connectivity index (χ4n) is 1.68. The number of rotatable bonds is 3. The highest BCUT2D eigenvalue weighted by molar-refractivity contribution is 7.80. The van der Waals surface area contributed by atoms with E-state index in [1.54, 1.807) is 18.2 Å². The van der Waals surface area contributed by atoms with Crippen LogP contribution in [0.1, 0.15) is 24.2 Å². The summed E-state index contributed by atoms with van der Waals surface area (Å²) in [4.78, 5) is 14.0. The summed E-state index contributed by atoms with van der Waals surface area (Å²) in [5.74, 6) is -0.216. The Balaban J connectivity index is 2.13. The molecule has 1 heterocycles. The number of thiocarbonyl (C=S) groups is 1. The van der Waals surface area contributed by atoms with E-state index in [0.717, 1.165) is 35.9 Å². The van der Waals surface area contributed by atoms with Gasteiger partial charge in [0.05, 0.1) is 11.7 Å². The van der Waals surface area contributed by atoms with Crippen LogP contribution in [0.3, 0.4) is 0 Å². The van der Waals surface area contributed by atoms with Crippen LogP contribution in [-0.2, 0) is 0 Å². The van der Waals surface area contributed by atoms with Gasteiger partial charge in [0, 0.05) is 18.7 Å². The van der Waals surface area contributed by atoms with E-state index >= 15 is 0 Å². The predicted octanol–water partition coefficient (Wildman–Crippen LogP) is 2.05. The number of fused-ring (bicyclic) bond motifs is 1. The second kappa shape index (κ2) is 6.03. The van der Waals surface area contributed by atoms with Crippen molar-refractivity contribution in [3.05, 3.63) is 23.8 Å². The van der Waals surface area contributed by atoms with E-state index < -0.39 is 0 Å². The third kappa shape index (κ3) is 3.05. The van der Waals surface area contributed by atoms with E-state index in [4.69, 9.17) is 12.2 Å². The van der Waals surface area contributed by atoms with Gasteiger partial charge in [-0.15, -0.1) is 0 Å². The number of aromatic nitrogens is 2. The predicted molar refractivity (Wildman–Crippen MR) is 80.4 cm³/mol. The van der Waals surface area contributed by atoms with Gasteiger partial charge in [0.2, 0.25) is 0 Å². The first-order chi connectivity index (χ1) is 9.15. The average Bonchev–Trinajstić information content (AvgIpc) is 2.87. The molecule has 0 aliphatic heterocycles. The lowest BCUT2D eigenvalue weighted by Gasteiger charge is -2.21. The van der Waals surface area contributed by atoms with Crippen LogP contribution in [0.15, 0.2) is 18.2 Å². The number of nitrogens with one attached hydrogen (secondary N) is 1. The van der Waals surface area contributed by atoms with Crippen molar-refractivity contribution in [3.63, 3.8) is 0 Å². The third-order valence-electron chi connectivity index (χ3n) is 2.79. The zero-order chi connectivity index (χ0) is 13.8. The second-order valence-electron chi connectivity index (χ2n) is 3.90. The standard InChI is InChI=1S/C12H14N4OS2/c1-3-16(4-2)12(18)13-11(17)8-5-6-9-10(7-8)15-19-14-9/h5-7H,3-4H2,1-2H3,(H,13,17,18). The molecule has 0 fully saturated rings. The SMILES string of the molecule is CCN(CC)C(=S)NC(=O)c1ccc2nsnc2c1. The van der Waals surface area contributed by atoms with E-state index in [-0.39, 0.29) is 5.91 Å². The molecule has 0 aliphatic rings. The van der Waals surface area contributed by atoms with Crippen LogP contribution < -0.4 is 5.32 Å². The molecule has 5 nitrogen and oxygen atoms in total. The topological polar surface area (TPSA) is 58.1 Å². The molecular weight excluding hydrogens is 280 g/mol. The zero-order valence-electron chi connectivity index (χ0n) is 10.7. The minimum Gasteiger partial charge on any atom is -0.350 e. The van der Waals surface area contributed by atoms with Crippen molar-refractivity contribution in [1.82, 2.24) is 19.0 Å². The van der Waals surface area contributed by atoms with Gasteiger partial charge in [-0.1, -0.05) is 0 Å². The molecule has 0 bridgehead atoms. The van der Waals surface area contributed by atoms with E-state index in [1.807, 2.05) is 18.7 Å². The van der Waals surface area contributed by atoms with Crippen molar-refractivity contribution in [1.29, 1.82) is 0 Å². The normalized spacial score (nSPS) is 10.4. The number of carbonyl (C=O) groups is 1. The van der Waals surface area contributed by atoms with Crippen molar-refractivity contribution >= 4 is 46.0 Å². The lowest BCUT2D eigenvalue weighted by Crippen LogP contribution is -2.42. The average molecular weight is 294 g/mol. The molecule has 1 aromatic carbocycles. The monoisotopic (exact) mass is 294 g/mol. The summed E-state index contributed by atoms with van der Waals surface area (Å²) >= 11 is 6.33. The van der Waals surface area contributed by atoms with Crippen molar-refractivity contribution in [2.45, 2.75) is 13.8 Å². The van der Waals surface area contributed by atoms with Crippen LogP contribution in [0.2, 0.25) is 0 Å². The maximum Gasteiger partial charge on any atom is 0.257 e. The Morgan fingerprint density at radius 1 is 1.32 bits per heavy atom. The molecule has 2 aromatic rings. The quantitative estimate of drug-likeness (QED) is 0.878. The molecule has 0 atom stereocenters. The van der Waals surface area contributed by atoms with Gasteiger partial charge in [-0.3, -0.25) is 10.1 Å². The minimum atomic E-state index is -0.216. The van der Waals surface area contributed by atoms with E-state index in [2.05, 4.69) is 14.1 Å². The molecule has 0 aliphatic carbocycles. The Labute approximate surface area is 120 Å². The lowest BCUT2D eigenvalue weighted by molar-refractivity contribution is 0.0973. The van der Waals surface area contributed by atoms with Crippen molar-refractivity contribution in [2.75, 3.05) is 13.1 Å². The molecule has 100 valence electrons. The molecule has 1 aromatic heterocycles. The molecule has 0 saturated carbocycles. The first-order valence-electron chi connectivity index (χ1n) is 5.98. The van der Waals surface area contributed by atoms with Gasteiger partial charge in [-0.25, -0.2) is 0 Å². The fourth-order valence-corrected chi connectivity index (χ4v) is 2.55. The number of amides is 1. The summed E-state index contributed by atoms with van der Waals surface area (Å²) < 4.78 is 8.22. The summed E-state index contributed by atoms with van der Waals surface area (Å²) in [5, 5.41) is 3.18. The zero-order valence-corrected chi connectivity index (χ0v) is 12.3. The molecule has 1 amide bonds. The summed E-state index contributed by atoms with van der Waals surface area (Å²) in [7, 11) is 0. The maximum absolute atomic E-state index is 12.1. The maximum atomic E-state index is 12.1. The molecule has 0 spiro atoms. The number of hydrogen-bond acceptors (Lipinski definition) is 5. The van der Waals surface area contributed by atoms with Crippen molar-refractivity contribution in [2.24, 2.45) is 0 Å². The van der Waals surface area contributed by atoms with Gasteiger partial charge in [0.25, 0.3) is 5.91 Å². The molecule has 19 heavy (non-hydrogen) atoms. The minimum absolute atomic E-state index is 0.216. The van der Waals surface area contributed by atoms with Crippen molar-refractivity contribution in [3.8, 4) is 0 Å². The van der Waals surface area contributed by atoms with Gasteiger partial charge >= 0.3 is 0 Å². The third-order valence-corrected chi connectivity index (χ3v) is 3.70. The van der Waals surface area contributed by atoms with E-state index in [9.17, 15) is 4.79 Å². The van der Waals surface area contributed by atoms with Crippen LogP contribution >= 0.6 is 23.9 Å². The highest BCUT2D eigenvalue weighted by atomic mass is 32.1. The Kier molecular flexibility index (Phi) is 4.39. The van der Waals surface area contributed by atoms with Crippen LogP contribution in [0.4, 0.5) is 0 Å².